The Morgan fingerprint density at radius 3 is 2.47 bits per heavy atom. The molecule has 166 valence electrons. The van der Waals surface area contributed by atoms with Gasteiger partial charge in [0.1, 0.15) is 18.0 Å². The van der Waals surface area contributed by atoms with E-state index in [2.05, 4.69) is 32.1 Å². The molecule has 32 heavy (non-hydrogen) atoms. The van der Waals surface area contributed by atoms with Crippen LogP contribution in [0.25, 0.3) is 0 Å². The number of aromatic nitrogens is 2. The number of amides is 2. The van der Waals surface area contributed by atoms with Crippen LogP contribution in [-0.4, -0.2) is 54.1 Å². The molecular formula is C22H23Cl2N7O. The maximum Gasteiger partial charge on any atom is 0.332 e. The summed E-state index contributed by atoms with van der Waals surface area (Å²) in [4.78, 5) is 27.5. The first-order valence-electron chi connectivity index (χ1n) is 10.1. The van der Waals surface area contributed by atoms with Crippen molar-refractivity contribution in [2.75, 3.05) is 54.1 Å². The predicted molar refractivity (Wildman–Crippen MR) is 130 cm³/mol. The highest BCUT2D eigenvalue weighted by atomic mass is 35.5. The third-order valence-electron chi connectivity index (χ3n) is 5.28. The summed E-state index contributed by atoms with van der Waals surface area (Å²) in [6.07, 6.45) is 1.32. The van der Waals surface area contributed by atoms with Gasteiger partial charge in [0.05, 0.1) is 21.4 Å². The maximum absolute atomic E-state index is 13.3. The molecule has 0 atom stereocenters. The second kappa shape index (κ2) is 9.60. The second-order valence-corrected chi connectivity index (χ2v) is 8.26. The Morgan fingerprint density at radius 2 is 1.78 bits per heavy atom. The molecule has 8 nitrogen and oxygen atoms in total. The Kier molecular flexibility index (Phi) is 6.64. The summed E-state index contributed by atoms with van der Waals surface area (Å²) >= 11 is 12.3. The molecule has 1 fully saturated rings. The molecule has 2 aromatic carbocycles. The topological polar surface area (TPSA) is 90.6 Å². The van der Waals surface area contributed by atoms with E-state index in [0.717, 1.165) is 31.9 Å². The van der Waals surface area contributed by atoms with Gasteiger partial charge in [0.25, 0.3) is 0 Å². The summed E-state index contributed by atoms with van der Waals surface area (Å²) in [6, 6.07) is 13.9. The molecule has 1 aliphatic rings. The van der Waals surface area contributed by atoms with Crippen LogP contribution < -0.4 is 20.9 Å². The van der Waals surface area contributed by atoms with E-state index in [9.17, 15) is 4.79 Å². The lowest BCUT2D eigenvalue weighted by Gasteiger charge is -2.34. The second-order valence-electron chi connectivity index (χ2n) is 7.47. The van der Waals surface area contributed by atoms with Gasteiger partial charge in [0.2, 0.25) is 0 Å². The third kappa shape index (κ3) is 4.88. The van der Waals surface area contributed by atoms with E-state index in [1.165, 1.54) is 17.3 Å². The van der Waals surface area contributed by atoms with Gasteiger partial charge in [-0.05, 0) is 43.4 Å². The number of piperazine rings is 1. The number of rotatable bonds is 4. The van der Waals surface area contributed by atoms with Gasteiger partial charge in [-0.25, -0.2) is 19.7 Å². The normalized spacial score (nSPS) is 14.3. The first-order chi connectivity index (χ1) is 15.4. The lowest BCUT2D eigenvalue weighted by Crippen LogP contribution is -2.44. The summed E-state index contributed by atoms with van der Waals surface area (Å²) in [5.74, 6) is 0.586. The van der Waals surface area contributed by atoms with Gasteiger partial charge in [-0.2, -0.15) is 0 Å². The minimum Gasteiger partial charge on any atom is -0.384 e. The van der Waals surface area contributed by atoms with Crippen LogP contribution in [0.3, 0.4) is 0 Å². The lowest BCUT2D eigenvalue weighted by atomic mass is 10.2. The molecule has 3 N–H and O–H groups in total. The van der Waals surface area contributed by atoms with Crippen LogP contribution in [0.15, 0.2) is 54.9 Å². The monoisotopic (exact) mass is 471 g/mol. The number of carbonyl (C=O) groups is 1. The summed E-state index contributed by atoms with van der Waals surface area (Å²) in [5, 5.41) is 3.41. The van der Waals surface area contributed by atoms with Crippen LogP contribution in [0.1, 0.15) is 0 Å². The van der Waals surface area contributed by atoms with Crippen molar-refractivity contribution in [3.05, 3.63) is 64.9 Å². The molecule has 3 aromatic rings. The Balaban J connectivity index is 1.64. The van der Waals surface area contributed by atoms with Crippen molar-refractivity contribution in [2.45, 2.75) is 0 Å². The Hall–Kier alpha value is -3.07. The Labute approximate surface area is 196 Å². The first-order valence-corrected chi connectivity index (χ1v) is 10.8. The minimum absolute atomic E-state index is 0.252. The lowest BCUT2D eigenvalue weighted by molar-refractivity contribution is 0.259. The Morgan fingerprint density at radius 1 is 1.06 bits per heavy atom. The predicted octanol–water partition coefficient (Wildman–Crippen LogP) is 4.49. The maximum atomic E-state index is 13.3. The number of nitrogens with zero attached hydrogens (tertiary/aromatic N) is 5. The van der Waals surface area contributed by atoms with Crippen molar-refractivity contribution in [3.8, 4) is 0 Å². The molecule has 10 heteroatoms. The number of benzene rings is 2. The standard InChI is InChI=1S/C22H23Cl2N7O/c1-29-9-11-30(12-10-29)15-5-7-16(8-6-15)31(20-13-19(25)26-14-27-20)22(32)28-18-4-2-3-17(23)21(18)24/h2-8,13-14H,9-12H2,1H3,(H,28,32)(H2,25,26,27). The highest BCUT2D eigenvalue weighted by Crippen LogP contribution is 2.32. The van der Waals surface area contributed by atoms with E-state index in [-0.39, 0.29) is 10.8 Å². The molecule has 0 radical (unpaired) electrons. The van der Waals surface area contributed by atoms with Crippen LogP contribution in [-0.2, 0) is 0 Å². The summed E-state index contributed by atoms with van der Waals surface area (Å²) < 4.78 is 0. The number of urea groups is 1. The van der Waals surface area contributed by atoms with Crippen LogP contribution in [0.2, 0.25) is 10.0 Å². The fourth-order valence-corrected chi connectivity index (χ4v) is 3.83. The molecule has 2 heterocycles. The van der Waals surface area contributed by atoms with Crippen molar-refractivity contribution in [3.63, 3.8) is 0 Å². The highest BCUT2D eigenvalue weighted by molar-refractivity contribution is 6.44. The van der Waals surface area contributed by atoms with E-state index in [0.29, 0.717) is 22.2 Å². The van der Waals surface area contributed by atoms with Crippen molar-refractivity contribution in [1.82, 2.24) is 14.9 Å². The van der Waals surface area contributed by atoms with Gasteiger partial charge < -0.3 is 20.9 Å². The number of hydrogen-bond donors (Lipinski definition) is 2. The molecule has 4 rings (SSSR count). The van der Waals surface area contributed by atoms with E-state index < -0.39 is 6.03 Å². The average Bonchev–Trinajstić information content (AvgIpc) is 2.78. The SMILES string of the molecule is CN1CCN(c2ccc(N(C(=O)Nc3cccc(Cl)c3Cl)c3cc(N)ncn3)cc2)CC1. The van der Waals surface area contributed by atoms with E-state index in [4.69, 9.17) is 28.9 Å². The number of nitrogens with two attached hydrogens (primary N) is 1. The van der Waals surface area contributed by atoms with Gasteiger partial charge in [-0.3, -0.25) is 0 Å². The van der Waals surface area contributed by atoms with Gasteiger partial charge in [0, 0.05) is 37.9 Å². The smallest absolute Gasteiger partial charge is 0.332 e. The molecule has 0 spiro atoms. The van der Waals surface area contributed by atoms with Gasteiger partial charge in [-0.1, -0.05) is 29.3 Å². The van der Waals surface area contributed by atoms with Crippen molar-refractivity contribution >= 4 is 57.9 Å². The molecule has 0 unspecified atom stereocenters. The summed E-state index contributed by atoms with van der Waals surface area (Å²) in [5.41, 5.74) is 7.96. The van der Waals surface area contributed by atoms with Crippen molar-refractivity contribution in [2.24, 2.45) is 0 Å². The molecule has 0 saturated carbocycles. The van der Waals surface area contributed by atoms with Gasteiger partial charge in [0.15, 0.2) is 0 Å². The third-order valence-corrected chi connectivity index (χ3v) is 6.09. The van der Waals surface area contributed by atoms with E-state index >= 15 is 0 Å². The molecule has 0 bridgehead atoms. The zero-order valence-corrected chi connectivity index (χ0v) is 19.0. The largest absolute Gasteiger partial charge is 0.384 e. The summed E-state index contributed by atoms with van der Waals surface area (Å²) in [6.45, 7) is 3.93. The Bertz CT molecular complexity index is 1100. The molecule has 0 aliphatic carbocycles. The van der Waals surface area contributed by atoms with Crippen LogP contribution in [0.4, 0.5) is 33.5 Å². The van der Waals surface area contributed by atoms with Gasteiger partial charge in [-0.15, -0.1) is 0 Å². The average molecular weight is 472 g/mol. The molecule has 1 saturated heterocycles. The number of hydrogen-bond acceptors (Lipinski definition) is 6. The van der Waals surface area contributed by atoms with E-state index in [1.54, 1.807) is 18.2 Å². The number of nitrogen functional groups attached to an aromatic ring is 1. The number of halogens is 2. The molecule has 1 aliphatic heterocycles. The minimum atomic E-state index is -0.459. The number of nitrogens with one attached hydrogen (secondary N) is 1. The van der Waals surface area contributed by atoms with Crippen molar-refractivity contribution < 1.29 is 4.79 Å². The fourth-order valence-electron chi connectivity index (χ4n) is 3.49. The fraction of sp³-hybridized carbons (Fsp3) is 0.227. The number of likely N-dealkylation sites (N-methyl/N-ethyl adjacent to an activating group) is 1. The number of anilines is 5. The van der Waals surface area contributed by atoms with Gasteiger partial charge >= 0.3 is 6.03 Å². The van der Waals surface area contributed by atoms with Crippen LogP contribution in [0.5, 0.6) is 0 Å². The van der Waals surface area contributed by atoms with E-state index in [1.807, 2.05) is 24.3 Å². The first kappa shape index (κ1) is 22.1. The van der Waals surface area contributed by atoms with Crippen LogP contribution in [0, 0.1) is 0 Å². The zero-order valence-electron chi connectivity index (χ0n) is 17.5. The number of carbonyl (C=O) groups excluding carboxylic acids is 1. The molecular weight excluding hydrogens is 449 g/mol. The van der Waals surface area contributed by atoms with Crippen LogP contribution >= 0.6 is 23.2 Å². The quantitative estimate of drug-likeness (QED) is 0.582. The highest BCUT2D eigenvalue weighted by Gasteiger charge is 2.22. The molecule has 2 amide bonds. The molecule has 1 aromatic heterocycles. The summed E-state index contributed by atoms with van der Waals surface area (Å²) in [7, 11) is 2.12. The van der Waals surface area contributed by atoms with Crippen molar-refractivity contribution in [1.29, 1.82) is 0 Å². The zero-order chi connectivity index (χ0) is 22.7.